The summed E-state index contributed by atoms with van der Waals surface area (Å²) in [5.41, 5.74) is 3.08. The molecule has 0 aliphatic rings. The van der Waals surface area contributed by atoms with Crippen LogP contribution in [0.25, 0.3) is 0 Å². The Morgan fingerprint density at radius 3 is 2.00 bits per heavy atom. The molecule has 0 bridgehead atoms. The largest absolute Gasteiger partial charge is 0.489 e. The molecule has 0 unspecified atom stereocenters. The van der Waals surface area contributed by atoms with Crippen LogP contribution in [0.15, 0.2) is 66.7 Å². The van der Waals surface area contributed by atoms with Crippen LogP contribution in [-0.4, -0.2) is 0 Å². The molecule has 2 nitrogen and oxygen atoms in total. The average molecular weight is 427 g/mol. The zero-order valence-corrected chi connectivity index (χ0v) is 16.8. The van der Waals surface area contributed by atoms with E-state index in [4.69, 9.17) is 27.9 Å². The van der Waals surface area contributed by atoms with Crippen LogP contribution in [0.5, 0.6) is 5.75 Å². The summed E-state index contributed by atoms with van der Waals surface area (Å²) in [4.78, 5) is 0. The molecule has 142 valence electrons. The Kier molecular flexibility index (Phi) is 8.39. The fourth-order valence-corrected chi connectivity index (χ4v) is 2.92. The molecule has 0 saturated carbocycles. The summed E-state index contributed by atoms with van der Waals surface area (Å²) >= 11 is 12.0. The molecule has 27 heavy (non-hydrogen) atoms. The predicted octanol–water partition coefficient (Wildman–Crippen LogP) is 6.42. The van der Waals surface area contributed by atoms with Crippen LogP contribution >= 0.6 is 35.6 Å². The first kappa shape index (κ1) is 21.5. The first-order valence-electron chi connectivity index (χ1n) is 8.21. The van der Waals surface area contributed by atoms with Crippen molar-refractivity contribution in [3.63, 3.8) is 0 Å². The van der Waals surface area contributed by atoms with Crippen molar-refractivity contribution in [1.82, 2.24) is 5.32 Å². The van der Waals surface area contributed by atoms with Gasteiger partial charge in [-0.05, 0) is 47.5 Å². The van der Waals surface area contributed by atoms with Gasteiger partial charge in [-0.1, -0.05) is 53.5 Å². The van der Waals surface area contributed by atoms with Crippen LogP contribution in [0, 0.1) is 5.82 Å². The number of nitrogens with one attached hydrogen (secondary N) is 1. The number of hydrogen-bond donors (Lipinski definition) is 1. The highest BCUT2D eigenvalue weighted by Gasteiger charge is 2.03. The lowest BCUT2D eigenvalue weighted by atomic mass is 10.2. The number of halogens is 4. The Morgan fingerprint density at radius 2 is 1.41 bits per heavy atom. The average Bonchev–Trinajstić information content (AvgIpc) is 2.64. The Bertz CT molecular complexity index is 854. The molecule has 0 aliphatic heterocycles. The van der Waals surface area contributed by atoms with Crippen LogP contribution in [0.1, 0.15) is 16.7 Å². The predicted molar refractivity (Wildman–Crippen MR) is 111 cm³/mol. The molecule has 6 heteroatoms. The van der Waals surface area contributed by atoms with Gasteiger partial charge in [-0.25, -0.2) is 4.39 Å². The second kappa shape index (κ2) is 10.5. The van der Waals surface area contributed by atoms with Gasteiger partial charge in [0.1, 0.15) is 18.2 Å². The van der Waals surface area contributed by atoms with Crippen LogP contribution in [-0.2, 0) is 19.7 Å². The molecule has 0 saturated heterocycles. The highest BCUT2D eigenvalue weighted by atomic mass is 35.5. The van der Waals surface area contributed by atoms with Gasteiger partial charge in [-0.15, -0.1) is 12.4 Å². The third-order valence-corrected chi connectivity index (χ3v) is 4.49. The van der Waals surface area contributed by atoms with E-state index in [-0.39, 0.29) is 18.2 Å². The van der Waals surface area contributed by atoms with E-state index in [0.717, 1.165) is 29.0 Å². The molecular formula is C21H19Cl3FNO. The summed E-state index contributed by atoms with van der Waals surface area (Å²) in [6.07, 6.45) is 0. The fourth-order valence-electron chi connectivity index (χ4n) is 2.46. The Hall–Kier alpha value is -1.78. The van der Waals surface area contributed by atoms with Gasteiger partial charge in [-0.2, -0.15) is 0 Å². The van der Waals surface area contributed by atoms with E-state index < -0.39 is 0 Å². The molecule has 0 aliphatic carbocycles. The Balaban J connectivity index is 0.00000261. The normalized spacial score (nSPS) is 10.3. The minimum Gasteiger partial charge on any atom is -0.489 e. The number of benzene rings is 3. The summed E-state index contributed by atoms with van der Waals surface area (Å²) < 4.78 is 18.6. The lowest BCUT2D eigenvalue weighted by Gasteiger charge is -2.09. The van der Waals surface area contributed by atoms with Crippen LogP contribution in [0.3, 0.4) is 0 Å². The van der Waals surface area contributed by atoms with Crippen LogP contribution in [0.4, 0.5) is 4.39 Å². The lowest BCUT2D eigenvalue weighted by molar-refractivity contribution is 0.306. The smallest absolute Gasteiger partial charge is 0.123 e. The SMILES string of the molecule is Cl.Fc1ccc(CNCc2ccc(OCc3ccc(Cl)cc3Cl)cc2)cc1. The maximum absolute atomic E-state index is 12.9. The van der Waals surface area contributed by atoms with Gasteiger partial charge in [0.2, 0.25) is 0 Å². The van der Waals surface area contributed by atoms with Crippen molar-refractivity contribution in [2.75, 3.05) is 0 Å². The zero-order valence-electron chi connectivity index (χ0n) is 14.4. The molecule has 0 atom stereocenters. The number of rotatable bonds is 7. The first-order chi connectivity index (χ1) is 12.6. The molecule has 3 aromatic carbocycles. The van der Waals surface area contributed by atoms with Crippen molar-refractivity contribution >= 4 is 35.6 Å². The maximum Gasteiger partial charge on any atom is 0.123 e. The molecule has 1 N–H and O–H groups in total. The van der Waals surface area contributed by atoms with E-state index in [1.54, 1.807) is 24.3 Å². The second-order valence-electron chi connectivity index (χ2n) is 5.90. The highest BCUT2D eigenvalue weighted by molar-refractivity contribution is 6.35. The van der Waals surface area contributed by atoms with Crippen LogP contribution < -0.4 is 10.1 Å². The van der Waals surface area contributed by atoms with E-state index in [1.165, 1.54) is 12.1 Å². The highest BCUT2D eigenvalue weighted by Crippen LogP contribution is 2.23. The number of ether oxygens (including phenoxy) is 1. The quantitative estimate of drug-likeness (QED) is 0.470. The molecule has 0 fully saturated rings. The third-order valence-electron chi connectivity index (χ3n) is 3.90. The standard InChI is InChI=1S/C21H18Cl2FNO.ClH/c22-18-6-5-17(21(23)11-18)14-26-20-9-3-16(4-10-20)13-25-12-15-1-7-19(24)8-2-15;/h1-11,25H,12-14H2;1H. The molecule has 0 aromatic heterocycles. The monoisotopic (exact) mass is 425 g/mol. The van der Waals surface area contributed by atoms with E-state index in [2.05, 4.69) is 5.32 Å². The van der Waals surface area contributed by atoms with Gasteiger partial charge in [0, 0.05) is 28.7 Å². The van der Waals surface area contributed by atoms with Gasteiger partial charge in [0.25, 0.3) is 0 Å². The number of hydrogen-bond acceptors (Lipinski definition) is 2. The van der Waals surface area contributed by atoms with E-state index in [0.29, 0.717) is 23.2 Å². The Morgan fingerprint density at radius 1 is 0.815 bits per heavy atom. The summed E-state index contributed by atoms with van der Waals surface area (Å²) in [5, 5.41) is 4.54. The zero-order chi connectivity index (χ0) is 18.4. The molecule has 3 rings (SSSR count). The van der Waals surface area contributed by atoms with Gasteiger partial charge >= 0.3 is 0 Å². The van der Waals surface area contributed by atoms with Crippen molar-refractivity contribution in [3.05, 3.63) is 99.3 Å². The van der Waals surface area contributed by atoms with Crippen molar-refractivity contribution in [2.24, 2.45) is 0 Å². The maximum atomic E-state index is 12.9. The van der Waals surface area contributed by atoms with E-state index >= 15 is 0 Å². The topological polar surface area (TPSA) is 21.3 Å². The van der Waals surface area contributed by atoms with Gasteiger partial charge in [0.15, 0.2) is 0 Å². The van der Waals surface area contributed by atoms with Crippen molar-refractivity contribution in [1.29, 1.82) is 0 Å². The third kappa shape index (κ3) is 6.71. The molecule has 0 radical (unpaired) electrons. The van der Waals surface area contributed by atoms with Gasteiger partial charge in [-0.3, -0.25) is 0 Å². The van der Waals surface area contributed by atoms with Gasteiger partial charge in [0.05, 0.1) is 0 Å². The molecule has 3 aromatic rings. The van der Waals surface area contributed by atoms with Crippen LogP contribution in [0.2, 0.25) is 10.0 Å². The van der Waals surface area contributed by atoms with E-state index in [1.807, 2.05) is 30.3 Å². The van der Waals surface area contributed by atoms with Crippen molar-refractivity contribution in [3.8, 4) is 5.75 Å². The van der Waals surface area contributed by atoms with Crippen molar-refractivity contribution in [2.45, 2.75) is 19.7 Å². The molecule has 0 spiro atoms. The lowest BCUT2D eigenvalue weighted by Crippen LogP contribution is -2.12. The summed E-state index contributed by atoms with van der Waals surface area (Å²) in [5.74, 6) is 0.558. The summed E-state index contributed by atoms with van der Waals surface area (Å²) in [6, 6.07) is 19.7. The van der Waals surface area contributed by atoms with E-state index in [9.17, 15) is 4.39 Å². The first-order valence-corrected chi connectivity index (χ1v) is 8.96. The molecule has 0 heterocycles. The Labute approximate surface area is 174 Å². The van der Waals surface area contributed by atoms with Crippen molar-refractivity contribution < 1.29 is 9.13 Å². The minimum absolute atomic E-state index is 0. The molecule has 0 amide bonds. The molecular weight excluding hydrogens is 408 g/mol. The minimum atomic E-state index is -0.218. The summed E-state index contributed by atoms with van der Waals surface area (Å²) in [6.45, 7) is 1.80. The van der Waals surface area contributed by atoms with Gasteiger partial charge < -0.3 is 10.1 Å². The fraction of sp³-hybridized carbons (Fsp3) is 0.143. The second-order valence-corrected chi connectivity index (χ2v) is 6.74. The summed E-state index contributed by atoms with van der Waals surface area (Å²) in [7, 11) is 0.